The maximum Gasteiger partial charge on any atom is 0.238 e. The SMILES string of the molecule is COc1ccc(C[NH2+]CCc2ccc(S(N)(=O)=O)cc2)cc1OC. The van der Waals surface area contributed by atoms with Crippen molar-refractivity contribution in [1.29, 1.82) is 0 Å². The fourth-order valence-electron chi connectivity index (χ4n) is 2.39. The van der Waals surface area contributed by atoms with Gasteiger partial charge in [0.15, 0.2) is 11.5 Å². The third kappa shape index (κ3) is 4.95. The monoisotopic (exact) mass is 351 g/mol. The number of benzene rings is 2. The summed E-state index contributed by atoms with van der Waals surface area (Å²) in [5, 5.41) is 7.27. The number of sulfonamides is 1. The lowest BCUT2D eigenvalue weighted by Gasteiger charge is -2.09. The second kappa shape index (κ2) is 8.14. The van der Waals surface area contributed by atoms with Crippen LogP contribution < -0.4 is 19.9 Å². The first-order valence-corrected chi connectivity index (χ1v) is 9.13. The Kier molecular flexibility index (Phi) is 6.19. The standard InChI is InChI=1S/C17H22N2O4S/c1-22-16-8-5-14(11-17(16)23-2)12-19-10-9-13-3-6-15(7-4-13)24(18,20)21/h3-8,11,19H,9-10,12H2,1-2H3,(H2,18,20,21)/p+1. The van der Waals surface area contributed by atoms with Crippen LogP contribution in [-0.4, -0.2) is 29.2 Å². The molecule has 0 bridgehead atoms. The molecule has 0 saturated heterocycles. The van der Waals surface area contributed by atoms with Gasteiger partial charge in [-0.05, 0) is 35.9 Å². The van der Waals surface area contributed by atoms with Crippen molar-refractivity contribution in [3.8, 4) is 11.5 Å². The molecule has 0 saturated carbocycles. The Morgan fingerprint density at radius 2 is 1.58 bits per heavy atom. The molecule has 4 N–H and O–H groups in total. The minimum absolute atomic E-state index is 0.139. The third-order valence-corrected chi connectivity index (χ3v) is 4.65. The Balaban J connectivity index is 1.85. The number of primary sulfonamides is 1. The highest BCUT2D eigenvalue weighted by atomic mass is 32.2. The molecule has 0 fully saturated rings. The minimum Gasteiger partial charge on any atom is -0.493 e. The molecule has 0 spiro atoms. The van der Waals surface area contributed by atoms with Gasteiger partial charge in [-0.3, -0.25) is 0 Å². The van der Waals surface area contributed by atoms with E-state index < -0.39 is 10.0 Å². The zero-order valence-electron chi connectivity index (χ0n) is 13.9. The molecule has 2 rings (SSSR count). The summed E-state index contributed by atoms with van der Waals surface area (Å²) in [5.74, 6) is 1.44. The van der Waals surface area contributed by atoms with E-state index >= 15 is 0 Å². The zero-order chi connectivity index (χ0) is 17.6. The van der Waals surface area contributed by atoms with Gasteiger partial charge in [0, 0.05) is 12.0 Å². The summed E-state index contributed by atoms with van der Waals surface area (Å²) >= 11 is 0. The molecule has 0 aromatic heterocycles. The molecule has 0 aliphatic heterocycles. The van der Waals surface area contributed by atoms with E-state index in [0.29, 0.717) is 0 Å². The lowest BCUT2D eigenvalue weighted by atomic mass is 10.1. The molecule has 0 atom stereocenters. The second-order valence-corrected chi connectivity index (χ2v) is 6.97. The van der Waals surface area contributed by atoms with Gasteiger partial charge < -0.3 is 14.8 Å². The number of nitrogens with two attached hydrogens (primary N) is 2. The van der Waals surface area contributed by atoms with Gasteiger partial charge in [-0.15, -0.1) is 0 Å². The van der Waals surface area contributed by atoms with E-state index in [9.17, 15) is 8.42 Å². The van der Waals surface area contributed by atoms with Crippen molar-refractivity contribution in [3.05, 3.63) is 53.6 Å². The quantitative estimate of drug-likeness (QED) is 0.683. The van der Waals surface area contributed by atoms with Gasteiger partial charge in [0.25, 0.3) is 0 Å². The highest BCUT2D eigenvalue weighted by molar-refractivity contribution is 7.89. The van der Waals surface area contributed by atoms with Crippen LogP contribution in [0.1, 0.15) is 11.1 Å². The van der Waals surface area contributed by atoms with E-state index in [0.717, 1.165) is 42.1 Å². The summed E-state index contributed by atoms with van der Waals surface area (Å²) in [5.41, 5.74) is 2.23. The second-order valence-electron chi connectivity index (χ2n) is 5.41. The molecule has 6 nitrogen and oxygen atoms in total. The van der Waals surface area contributed by atoms with Crippen molar-refractivity contribution in [2.45, 2.75) is 17.9 Å². The molecule has 0 heterocycles. The normalized spacial score (nSPS) is 11.3. The molecule has 0 amide bonds. The Hall–Kier alpha value is -2.09. The highest BCUT2D eigenvalue weighted by Gasteiger charge is 2.07. The first kappa shape index (κ1) is 18.3. The van der Waals surface area contributed by atoms with E-state index in [2.05, 4.69) is 5.32 Å². The van der Waals surface area contributed by atoms with Gasteiger partial charge in [0.05, 0.1) is 25.7 Å². The van der Waals surface area contributed by atoms with Gasteiger partial charge in [-0.1, -0.05) is 12.1 Å². The third-order valence-electron chi connectivity index (χ3n) is 3.72. The lowest BCUT2D eigenvalue weighted by Crippen LogP contribution is -2.83. The maximum absolute atomic E-state index is 11.2. The van der Waals surface area contributed by atoms with E-state index in [1.807, 2.05) is 18.2 Å². The summed E-state index contributed by atoms with van der Waals surface area (Å²) in [4.78, 5) is 0.139. The Morgan fingerprint density at radius 3 is 2.17 bits per heavy atom. The zero-order valence-corrected chi connectivity index (χ0v) is 14.7. The number of methoxy groups -OCH3 is 2. The number of hydrogen-bond acceptors (Lipinski definition) is 4. The summed E-state index contributed by atoms with van der Waals surface area (Å²) in [6, 6.07) is 12.6. The molecular formula is C17H23N2O4S+. The Bertz CT molecular complexity index is 774. The predicted octanol–water partition coefficient (Wildman–Crippen LogP) is 0.657. The molecule has 7 heteroatoms. The number of ether oxygens (including phenoxy) is 2. The Labute approximate surface area is 142 Å². The van der Waals surface area contributed by atoms with Crippen LogP contribution >= 0.6 is 0 Å². The number of hydrogen-bond donors (Lipinski definition) is 2. The average molecular weight is 351 g/mol. The first-order valence-electron chi connectivity index (χ1n) is 7.58. The number of rotatable bonds is 8. The van der Waals surface area contributed by atoms with Gasteiger partial charge in [0.1, 0.15) is 6.54 Å². The molecule has 2 aromatic rings. The highest BCUT2D eigenvalue weighted by Crippen LogP contribution is 2.27. The largest absolute Gasteiger partial charge is 0.493 e. The maximum atomic E-state index is 11.2. The van der Waals surface area contributed by atoms with Crippen LogP contribution in [0.4, 0.5) is 0 Å². The van der Waals surface area contributed by atoms with Crippen LogP contribution in [0.15, 0.2) is 47.4 Å². The van der Waals surface area contributed by atoms with Gasteiger partial charge in [0.2, 0.25) is 10.0 Å². The fraction of sp³-hybridized carbons (Fsp3) is 0.294. The summed E-state index contributed by atoms with van der Waals surface area (Å²) in [6.07, 6.45) is 0.845. The minimum atomic E-state index is -3.62. The van der Waals surface area contributed by atoms with Gasteiger partial charge in [-0.25, -0.2) is 13.6 Å². The van der Waals surface area contributed by atoms with E-state index in [1.54, 1.807) is 38.5 Å². The van der Waals surface area contributed by atoms with Crippen LogP contribution in [0.5, 0.6) is 11.5 Å². The Morgan fingerprint density at radius 1 is 0.958 bits per heavy atom. The van der Waals surface area contributed by atoms with Crippen LogP contribution in [0.25, 0.3) is 0 Å². The van der Waals surface area contributed by atoms with Gasteiger partial charge >= 0.3 is 0 Å². The van der Waals surface area contributed by atoms with Crippen molar-refractivity contribution in [2.24, 2.45) is 5.14 Å². The van der Waals surface area contributed by atoms with E-state index in [-0.39, 0.29) is 4.90 Å². The summed E-state index contributed by atoms with van der Waals surface area (Å²) in [7, 11) is -0.386. The van der Waals surface area contributed by atoms with Crippen LogP contribution in [0, 0.1) is 0 Å². The predicted molar refractivity (Wildman–Crippen MR) is 91.6 cm³/mol. The van der Waals surface area contributed by atoms with Crippen molar-refractivity contribution >= 4 is 10.0 Å². The van der Waals surface area contributed by atoms with Crippen molar-refractivity contribution in [3.63, 3.8) is 0 Å². The van der Waals surface area contributed by atoms with E-state index in [1.165, 1.54) is 0 Å². The van der Waals surface area contributed by atoms with Crippen molar-refractivity contribution in [2.75, 3.05) is 20.8 Å². The van der Waals surface area contributed by atoms with Crippen molar-refractivity contribution < 1.29 is 23.2 Å². The van der Waals surface area contributed by atoms with Crippen LogP contribution in [0.3, 0.4) is 0 Å². The molecule has 0 aliphatic rings. The molecule has 0 aliphatic carbocycles. The molecule has 0 unspecified atom stereocenters. The molecule has 2 aromatic carbocycles. The molecule has 0 radical (unpaired) electrons. The number of quaternary nitrogens is 1. The summed E-state index contributed by atoms with van der Waals surface area (Å²) in [6.45, 7) is 1.72. The lowest BCUT2D eigenvalue weighted by molar-refractivity contribution is -0.670. The fourth-order valence-corrected chi connectivity index (χ4v) is 2.91. The van der Waals surface area contributed by atoms with Gasteiger partial charge in [-0.2, -0.15) is 0 Å². The molecular weight excluding hydrogens is 328 g/mol. The van der Waals surface area contributed by atoms with Crippen molar-refractivity contribution in [1.82, 2.24) is 0 Å². The summed E-state index contributed by atoms with van der Waals surface area (Å²) < 4.78 is 32.9. The molecule has 130 valence electrons. The van der Waals surface area contributed by atoms with Crippen LogP contribution in [0.2, 0.25) is 0 Å². The van der Waals surface area contributed by atoms with Crippen LogP contribution in [-0.2, 0) is 23.0 Å². The molecule has 24 heavy (non-hydrogen) atoms. The first-order chi connectivity index (χ1) is 11.4. The topological polar surface area (TPSA) is 95.2 Å². The smallest absolute Gasteiger partial charge is 0.238 e. The average Bonchev–Trinajstić information content (AvgIpc) is 2.58. The van der Waals surface area contributed by atoms with E-state index in [4.69, 9.17) is 14.6 Å².